The molecule has 0 aliphatic heterocycles. The third-order valence-corrected chi connectivity index (χ3v) is 2.42. The molecule has 5 nitrogen and oxygen atoms in total. The Morgan fingerprint density at radius 3 is 1.89 bits per heavy atom. The number of methoxy groups -OCH3 is 2. The Morgan fingerprint density at radius 2 is 1.53 bits per heavy atom. The van der Waals surface area contributed by atoms with Crippen LogP contribution in [0.2, 0.25) is 0 Å². The highest BCUT2D eigenvalue weighted by atomic mass is 16.7. The van der Waals surface area contributed by atoms with Gasteiger partial charge in [-0.1, -0.05) is 19.9 Å². The average molecular weight is 268 g/mol. The second-order valence-corrected chi connectivity index (χ2v) is 4.25. The molecule has 106 valence electrons. The molecular weight excluding hydrogens is 248 g/mol. The number of carbonyl (C=O) groups is 1. The van der Waals surface area contributed by atoms with Gasteiger partial charge >= 0.3 is 0 Å². The van der Waals surface area contributed by atoms with E-state index >= 15 is 0 Å². The lowest BCUT2D eigenvalue weighted by Crippen LogP contribution is -2.14. The minimum Gasteiger partial charge on any atom is -0.467 e. The molecule has 1 rings (SSSR count). The van der Waals surface area contributed by atoms with E-state index < -0.39 is 0 Å². The monoisotopic (exact) mass is 268 g/mol. The van der Waals surface area contributed by atoms with Crippen LogP contribution in [0, 0.1) is 5.92 Å². The number of benzene rings is 1. The summed E-state index contributed by atoms with van der Waals surface area (Å²) in [6, 6.07) is 5.19. The van der Waals surface area contributed by atoms with E-state index in [1.54, 1.807) is 18.2 Å². The highest BCUT2D eigenvalue weighted by Crippen LogP contribution is 2.31. The number of hydrogen-bond donors (Lipinski definition) is 0. The van der Waals surface area contributed by atoms with Crippen LogP contribution >= 0.6 is 0 Å². The number of Topliss-reactive ketones (excluding diaryl/α,β-unsaturated/α-hetero) is 1. The lowest BCUT2D eigenvalue weighted by atomic mass is 9.99. The first-order chi connectivity index (χ1) is 9.11. The van der Waals surface area contributed by atoms with Gasteiger partial charge < -0.3 is 18.9 Å². The van der Waals surface area contributed by atoms with Crippen LogP contribution in [0.3, 0.4) is 0 Å². The van der Waals surface area contributed by atoms with Gasteiger partial charge in [0.25, 0.3) is 0 Å². The summed E-state index contributed by atoms with van der Waals surface area (Å²) >= 11 is 0. The van der Waals surface area contributed by atoms with E-state index in [-0.39, 0.29) is 25.3 Å². The van der Waals surface area contributed by atoms with Crippen LogP contribution in [0.1, 0.15) is 24.2 Å². The second kappa shape index (κ2) is 7.76. The number of ether oxygens (including phenoxy) is 4. The maximum Gasteiger partial charge on any atom is 0.188 e. The van der Waals surface area contributed by atoms with E-state index in [9.17, 15) is 4.79 Å². The van der Waals surface area contributed by atoms with Crippen molar-refractivity contribution >= 4 is 5.78 Å². The summed E-state index contributed by atoms with van der Waals surface area (Å²) in [6.07, 6.45) is 0. The zero-order valence-corrected chi connectivity index (χ0v) is 11.8. The maximum absolute atomic E-state index is 12.3. The van der Waals surface area contributed by atoms with Crippen molar-refractivity contribution in [2.45, 2.75) is 13.8 Å². The van der Waals surface area contributed by atoms with Crippen LogP contribution in [0.5, 0.6) is 11.5 Å². The number of ketones is 1. The zero-order chi connectivity index (χ0) is 14.3. The van der Waals surface area contributed by atoms with E-state index in [0.29, 0.717) is 17.1 Å². The molecule has 0 spiro atoms. The van der Waals surface area contributed by atoms with Gasteiger partial charge in [0.15, 0.2) is 19.4 Å². The van der Waals surface area contributed by atoms with Crippen molar-refractivity contribution in [3.63, 3.8) is 0 Å². The fourth-order valence-electron chi connectivity index (χ4n) is 1.53. The highest BCUT2D eigenvalue weighted by Gasteiger charge is 2.21. The Kier molecular flexibility index (Phi) is 6.32. The molecular formula is C14H20O5. The molecule has 0 bridgehead atoms. The minimum atomic E-state index is -0.155. The molecule has 0 aliphatic rings. The summed E-state index contributed by atoms with van der Waals surface area (Å²) in [6.45, 7) is 3.81. The van der Waals surface area contributed by atoms with Gasteiger partial charge in [0.1, 0.15) is 17.1 Å². The Labute approximate surface area is 113 Å². The number of rotatable bonds is 8. The molecule has 0 saturated heterocycles. The van der Waals surface area contributed by atoms with Crippen LogP contribution in [-0.2, 0) is 9.47 Å². The first-order valence-electron chi connectivity index (χ1n) is 6.02. The van der Waals surface area contributed by atoms with Crippen molar-refractivity contribution in [2.75, 3.05) is 27.8 Å². The molecule has 0 heterocycles. The van der Waals surface area contributed by atoms with Crippen LogP contribution in [0.25, 0.3) is 0 Å². The largest absolute Gasteiger partial charge is 0.467 e. The van der Waals surface area contributed by atoms with Gasteiger partial charge in [0, 0.05) is 20.1 Å². The van der Waals surface area contributed by atoms with Gasteiger partial charge in [-0.25, -0.2) is 0 Å². The van der Waals surface area contributed by atoms with Crippen molar-refractivity contribution in [2.24, 2.45) is 5.92 Å². The molecule has 19 heavy (non-hydrogen) atoms. The van der Waals surface area contributed by atoms with E-state index in [1.165, 1.54) is 14.2 Å². The molecule has 0 amide bonds. The van der Waals surface area contributed by atoms with E-state index in [0.717, 1.165) is 0 Å². The third-order valence-electron chi connectivity index (χ3n) is 2.42. The summed E-state index contributed by atoms with van der Waals surface area (Å²) in [5.74, 6) is 0.707. The molecule has 0 radical (unpaired) electrons. The van der Waals surface area contributed by atoms with Crippen LogP contribution in [0.4, 0.5) is 0 Å². The van der Waals surface area contributed by atoms with Gasteiger partial charge in [-0.05, 0) is 12.1 Å². The quantitative estimate of drug-likeness (QED) is 0.535. The molecule has 0 unspecified atom stereocenters. The van der Waals surface area contributed by atoms with E-state index in [1.807, 2.05) is 13.8 Å². The van der Waals surface area contributed by atoms with Gasteiger partial charge in [0.2, 0.25) is 0 Å². The summed E-state index contributed by atoms with van der Waals surface area (Å²) in [4.78, 5) is 12.3. The van der Waals surface area contributed by atoms with E-state index in [4.69, 9.17) is 18.9 Å². The van der Waals surface area contributed by atoms with Crippen LogP contribution in [-0.4, -0.2) is 33.6 Å². The van der Waals surface area contributed by atoms with Crippen molar-refractivity contribution in [1.29, 1.82) is 0 Å². The lowest BCUT2D eigenvalue weighted by molar-refractivity contribution is 0.0441. The van der Waals surface area contributed by atoms with Crippen molar-refractivity contribution in [3.05, 3.63) is 23.8 Å². The topological polar surface area (TPSA) is 54.0 Å². The molecule has 0 saturated carbocycles. The summed E-state index contributed by atoms with van der Waals surface area (Å²) in [5, 5.41) is 0. The van der Waals surface area contributed by atoms with Crippen LogP contribution in [0.15, 0.2) is 18.2 Å². The van der Waals surface area contributed by atoms with Gasteiger partial charge in [-0.15, -0.1) is 0 Å². The number of carbonyl (C=O) groups excluding carboxylic acids is 1. The average Bonchev–Trinajstić information content (AvgIpc) is 2.41. The Balaban J connectivity index is 3.11. The van der Waals surface area contributed by atoms with Gasteiger partial charge in [0.05, 0.1) is 0 Å². The fraction of sp³-hybridized carbons (Fsp3) is 0.500. The smallest absolute Gasteiger partial charge is 0.188 e. The summed E-state index contributed by atoms with van der Waals surface area (Å²) in [5.41, 5.74) is 0.423. The van der Waals surface area contributed by atoms with Gasteiger partial charge in [-0.3, -0.25) is 4.79 Å². The SMILES string of the molecule is COCOc1cccc(OCOC)c1C(=O)C(C)C. The fourth-order valence-corrected chi connectivity index (χ4v) is 1.53. The lowest BCUT2D eigenvalue weighted by Gasteiger charge is -2.16. The Morgan fingerprint density at radius 1 is 1.05 bits per heavy atom. The first-order valence-corrected chi connectivity index (χ1v) is 6.02. The molecule has 0 aromatic heterocycles. The highest BCUT2D eigenvalue weighted by molar-refractivity contribution is 6.02. The summed E-state index contributed by atoms with van der Waals surface area (Å²) in [7, 11) is 3.05. The minimum absolute atomic E-state index is 0.0437. The maximum atomic E-state index is 12.3. The molecule has 5 heteroatoms. The third kappa shape index (κ3) is 4.22. The first kappa shape index (κ1) is 15.5. The molecule has 0 aliphatic carbocycles. The zero-order valence-electron chi connectivity index (χ0n) is 11.8. The second-order valence-electron chi connectivity index (χ2n) is 4.25. The standard InChI is InChI=1S/C14H20O5/c1-10(2)14(15)13-11(18-8-16-3)6-5-7-12(13)19-9-17-4/h5-7,10H,8-9H2,1-4H3. The Bertz CT molecular complexity index is 388. The normalized spacial score (nSPS) is 10.6. The van der Waals surface area contributed by atoms with Gasteiger partial charge in [-0.2, -0.15) is 0 Å². The Hall–Kier alpha value is -1.59. The summed E-state index contributed by atoms with van der Waals surface area (Å²) < 4.78 is 20.6. The van der Waals surface area contributed by atoms with Crippen LogP contribution < -0.4 is 9.47 Å². The van der Waals surface area contributed by atoms with Crippen molar-refractivity contribution in [1.82, 2.24) is 0 Å². The molecule has 0 fully saturated rings. The molecule has 0 N–H and O–H groups in total. The molecule has 0 atom stereocenters. The number of hydrogen-bond acceptors (Lipinski definition) is 5. The van der Waals surface area contributed by atoms with Crippen molar-refractivity contribution in [3.8, 4) is 11.5 Å². The molecule has 1 aromatic rings. The molecule has 1 aromatic carbocycles. The van der Waals surface area contributed by atoms with E-state index in [2.05, 4.69) is 0 Å². The van der Waals surface area contributed by atoms with Crippen molar-refractivity contribution < 1.29 is 23.7 Å². The predicted molar refractivity (Wildman–Crippen MR) is 70.6 cm³/mol. The predicted octanol–water partition coefficient (Wildman–Crippen LogP) is 2.49.